The molecule has 6 heteroatoms. The van der Waals surface area contributed by atoms with E-state index in [0.717, 1.165) is 49.6 Å². The van der Waals surface area contributed by atoms with Gasteiger partial charge in [0.1, 0.15) is 11.6 Å². The molecular formula is C18H24N4O2. The Balaban J connectivity index is 1.62. The lowest BCUT2D eigenvalue weighted by Crippen LogP contribution is -2.46. The molecule has 0 aliphatic carbocycles. The van der Waals surface area contributed by atoms with Gasteiger partial charge in [0.05, 0.1) is 7.11 Å². The fourth-order valence-electron chi connectivity index (χ4n) is 3.23. The van der Waals surface area contributed by atoms with Crippen molar-refractivity contribution in [1.29, 1.82) is 0 Å². The monoisotopic (exact) mass is 328 g/mol. The van der Waals surface area contributed by atoms with Crippen molar-refractivity contribution in [1.82, 2.24) is 15.5 Å². The van der Waals surface area contributed by atoms with Crippen molar-refractivity contribution >= 4 is 5.82 Å². The number of rotatable bonds is 6. The first-order valence-corrected chi connectivity index (χ1v) is 8.43. The number of H-pyrrole nitrogens is 1. The molecule has 1 aliphatic heterocycles. The highest BCUT2D eigenvalue weighted by atomic mass is 16.5. The lowest BCUT2D eigenvalue weighted by atomic mass is 10.0. The van der Waals surface area contributed by atoms with Crippen LogP contribution in [0.1, 0.15) is 24.8 Å². The molecule has 1 fully saturated rings. The minimum atomic E-state index is -0.165. The smallest absolute Gasteiger partial charge is 0.264 e. The number of anilines is 1. The molecule has 6 nitrogen and oxygen atoms in total. The van der Waals surface area contributed by atoms with Crippen molar-refractivity contribution < 1.29 is 4.74 Å². The van der Waals surface area contributed by atoms with E-state index in [1.165, 1.54) is 12.5 Å². The summed E-state index contributed by atoms with van der Waals surface area (Å²) in [4.78, 5) is 13.5. The fourth-order valence-corrected chi connectivity index (χ4v) is 3.23. The highest BCUT2D eigenvalue weighted by Crippen LogP contribution is 2.22. The Morgan fingerprint density at radius 3 is 2.96 bits per heavy atom. The number of benzene rings is 1. The van der Waals surface area contributed by atoms with Crippen LogP contribution < -0.4 is 20.5 Å². The Morgan fingerprint density at radius 1 is 1.29 bits per heavy atom. The maximum Gasteiger partial charge on any atom is 0.264 e. The third kappa shape index (κ3) is 3.94. The Hall–Kier alpha value is -2.34. The summed E-state index contributed by atoms with van der Waals surface area (Å²) >= 11 is 0. The minimum absolute atomic E-state index is 0.165. The molecule has 1 atom stereocenters. The SMILES string of the molecule is COc1ccccc1CNCC1CCCCN1c1ccc(=O)[nH]n1. The maximum absolute atomic E-state index is 11.2. The second-order valence-corrected chi connectivity index (χ2v) is 6.07. The number of nitrogens with zero attached hydrogens (tertiary/aromatic N) is 2. The average Bonchev–Trinajstić information content (AvgIpc) is 2.63. The lowest BCUT2D eigenvalue weighted by Gasteiger charge is -2.36. The van der Waals surface area contributed by atoms with Crippen molar-refractivity contribution in [2.24, 2.45) is 0 Å². The van der Waals surface area contributed by atoms with E-state index in [1.54, 1.807) is 13.2 Å². The van der Waals surface area contributed by atoms with Crippen LogP contribution in [-0.2, 0) is 6.54 Å². The summed E-state index contributed by atoms with van der Waals surface area (Å²) in [6, 6.07) is 11.8. The number of piperidine rings is 1. The van der Waals surface area contributed by atoms with Crippen LogP contribution in [0.3, 0.4) is 0 Å². The molecule has 2 aromatic rings. The number of hydrogen-bond donors (Lipinski definition) is 2. The van der Waals surface area contributed by atoms with Gasteiger partial charge in [-0.1, -0.05) is 18.2 Å². The first-order valence-electron chi connectivity index (χ1n) is 8.43. The average molecular weight is 328 g/mol. The largest absolute Gasteiger partial charge is 0.496 e. The standard InChI is InChI=1S/C18H24N4O2/c1-24-16-8-3-2-6-14(16)12-19-13-15-7-4-5-11-22(15)17-9-10-18(23)21-20-17/h2-3,6,8-10,15,19H,4-5,7,11-13H2,1H3,(H,21,23). The number of aromatic amines is 1. The van der Waals surface area contributed by atoms with Crippen LogP contribution in [0.4, 0.5) is 5.82 Å². The van der Waals surface area contributed by atoms with Gasteiger partial charge in [0, 0.05) is 37.3 Å². The highest BCUT2D eigenvalue weighted by molar-refractivity contribution is 5.38. The van der Waals surface area contributed by atoms with Gasteiger partial charge >= 0.3 is 0 Å². The molecule has 0 amide bonds. The van der Waals surface area contributed by atoms with E-state index in [2.05, 4.69) is 26.5 Å². The van der Waals surface area contributed by atoms with Gasteiger partial charge < -0.3 is 15.0 Å². The summed E-state index contributed by atoms with van der Waals surface area (Å²) in [6.07, 6.45) is 3.50. The summed E-state index contributed by atoms with van der Waals surface area (Å²) in [5.74, 6) is 1.76. The van der Waals surface area contributed by atoms with Gasteiger partial charge in [0.2, 0.25) is 0 Å². The number of aromatic nitrogens is 2. The number of ether oxygens (including phenoxy) is 1. The molecule has 1 saturated heterocycles. The normalized spacial score (nSPS) is 17.7. The van der Waals surface area contributed by atoms with Crippen LogP contribution >= 0.6 is 0 Å². The Labute approximate surface area is 141 Å². The van der Waals surface area contributed by atoms with Crippen LogP contribution in [-0.4, -0.2) is 36.4 Å². The van der Waals surface area contributed by atoms with Crippen LogP contribution in [0.15, 0.2) is 41.2 Å². The zero-order chi connectivity index (χ0) is 16.8. The first kappa shape index (κ1) is 16.5. The van der Waals surface area contributed by atoms with Gasteiger partial charge in [-0.15, -0.1) is 0 Å². The Bertz CT molecular complexity index is 696. The van der Waals surface area contributed by atoms with Crippen LogP contribution in [0, 0.1) is 0 Å². The van der Waals surface area contributed by atoms with E-state index in [0.29, 0.717) is 6.04 Å². The van der Waals surface area contributed by atoms with Crippen molar-refractivity contribution in [3.8, 4) is 5.75 Å². The zero-order valence-corrected chi connectivity index (χ0v) is 14.0. The quantitative estimate of drug-likeness (QED) is 0.848. The predicted octanol–water partition coefficient (Wildman–Crippen LogP) is 1.93. The molecule has 1 aliphatic rings. The van der Waals surface area contributed by atoms with E-state index in [-0.39, 0.29) is 5.56 Å². The summed E-state index contributed by atoms with van der Waals surface area (Å²) in [7, 11) is 1.70. The molecule has 1 unspecified atom stereocenters. The molecule has 0 radical (unpaired) electrons. The van der Waals surface area contributed by atoms with Gasteiger partial charge in [-0.2, -0.15) is 5.10 Å². The number of methoxy groups -OCH3 is 1. The summed E-state index contributed by atoms with van der Waals surface area (Å²) in [5, 5.41) is 10.3. The molecule has 24 heavy (non-hydrogen) atoms. The molecule has 1 aromatic heterocycles. The van der Waals surface area contributed by atoms with Gasteiger partial charge in [0.25, 0.3) is 5.56 Å². The van der Waals surface area contributed by atoms with Gasteiger partial charge in [-0.25, -0.2) is 5.10 Å². The molecular weight excluding hydrogens is 304 g/mol. The molecule has 2 N–H and O–H groups in total. The van der Waals surface area contributed by atoms with Crippen molar-refractivity contribution in [3.05, 3.63) is 52.3 Å². The van der Waals surface area contributed by atoms with E-state index in [9.17, 15) is 4.79 Å². The Morgan fingerprint density at radius 2 is 2.17 bits per heavy atom. The molecule has 0 saturated carbocycles. The molecule has 1 aromatic carbocycles. The maximum atomic E-state index is 11.2. The highest BCUT2D eigenvalue weighted by Gasteiger charge is 2.23. The first-order chi connectivity index (χ1) is 11.8. The predicted molar refractivity (Wildman–Crippen MR) is 94.5 cm³/mol. The lowest BCUT2D eigenvalue weighted by molar-refractivity contribution is 0.402. The molecule has 2 heterocycles. The van der Waals surface area contributed by atoms with E-state index in [1.807, 2.05) is 18.2 Å². The molecule has 128 valence electrons. The van der Waals surface area contributed by atoms with Gasteiger partial charge in [-0.05, 0) is 31.4 Å². The number of para-hydroxylation sites is 1. The third-order valence-electron chi connectivity index (χ3n) is 4.47. The fraction of sp³-hybridized carbons (Fsp3) is 0.444. The molecule has 0 spiro atoms. The van der Waals surface area contributed by atoms with Crippen molar-refractivity contribution in [2.45, 2.75) is 31.8 Å². The summed E-state index contributed by atoms with van der Waals surface area (Å²) < 4.78 is 5.40. The van der Waals surface area contributed by atoms with Crippen LogP contribution in [0.2, 0.25) is 0 Å². The second-order valence-electron chi connectivity index (χ2n) is 6.07. The van der Waals surface area contributed by atoms with Crippen LogP contribution in [0.25, 0.3) is 0 Å². The third-order valence-corrected chi connectivity index (χ3v) is 4.47. The number of hydrogen-bond acceptors (Lipinski definition) is 5. The van der Waals surface area contributed by atoms with Crippen molar-refractivity contribution in [2.75, 3.05) is 25.1 Å². The summed E-state index contributed by atoms with van der Waals surface area (Å²) in [6.45, 7) is 2.62. The zero-order valence-electron chi connectivity index (χ0n) is 14.0. The van der Waals surface area contributed by atoms with Crippen LogP contribution in [0.5, 0.6) is 5.75 Å². The molecule has 3 rings (SSSR count). The van der Waals surface area contributed by atoms with Gasteiger partial charge in [-0.3, -0.25) is 4.79 Å². The topological polar surface area (TPSA) is 70.2 Å². The minimum Gasteiger partial charge on any atom is -0.496 e. The van der Waals surface area contributed by atoms with E-state index >= 15 is 0 Å². The number of nitrogens with one attached hydrogen (secondary N) is 2. The van der Waals surface area contributed by atoms with Crippen molar-refractivity contribution in [3.63, 3.8) is 0 Å². The Kier molecular flexibility index (Phi) is 5.48. The summed E-state index contributed by atoms with van der Waals surface area (Å²) in [5.41, 5.74) is 0.992. The van der Waals surface area contributed by atoms with E-state index < -0.39 is 0 Å². The molecule has 0 bridgehead atoms. The van der Waals surface area contributed by atoms with E-state index in [4.69, 9.17) is 4.74 Å². The second kappa shape index (κ2) is 7.97. The van der Waals surface area contributed by atoms with Gasteiger partial charge in [0.15, 0.2) is 0 Å².